The highest BCUT2D eigenvalue weighted by molar-refractivity contribution is 6.24. The Morgan fingerprint density at radius 2 is 0.492 bits per heavy atom. The van der Waals surface area contributed by atoms with E-state index in [1.165, 1.54) is 145 Å². The molecule has 0 nitrogen and oxygen atoms in total. The number of fused-ring (bicyclic) bond motifs is 19. The zero-order valence-electron chi connectivity index (χ0n) is 34.7. The minimum atomic E-state index is 0.597. The van der Waals surface area contributed by atoms with E-state index in [1.807, 2.05) is 0 Å². The molecule has 0 spiro atoms. The standard InChI is InChI=1S/C61H48/c1-5-15-46-42(11-1)58(50-21-9-19-40-34-23-25-36(31-34)54(40)50)43-12-2-6-16-47(43)60(46)52-29-30-53(57-39-28-27-38(33-39)56(52)57)61-48-17-7-3-13-44(48)59(45-14-4-8-18-49(45)61)51-22-10-20-41-35-24-26-37(32-35)55(41)51/h1-22,29-30,34-39H,23-28,31-33H2. The maximum Gasteiger partial charge on any atom is -0.00234 e. The van der Waals surface area contributed by atoms with Crippen LogP contribution in [-0.4, -0.2) is 0 Å². The number of hydrogen-bond donors (Lipinski definition) is 0. The second-order valence-corrected chi connectivity index (χ2v) is 19.9. The van der Waals surface area contributed by atoms with E-state index in [2.05, 4.69) is 146 Å². The molecule has 292 valence electrons. The molecule has 0 heteroatoms. The van der Waals surface area contributed by atoms with Gasteiger partial charge in [-0.15, -0.1) is 0 Å². The Kier molecular flexibility index (Phi) is 6.81. The van der Waals surface area contributed by atoms with Gasteiger partial charge in [0.05, 0.1) is 0 Å². The van der Waals surface area contributed by atoms with Crippen molar-refractivity contribution in [1.82, 2.24) is 0 Å². The van der Waals surface area contributed by atoms with Crippen molar-refractivity contribution in [1.29, 1.82) is 0 Å². The van der Waals surface area contributed by atoms with Crippen LogP contribution in [0.2, 0.25) is 0 Å². The molecule has 3 fully saturated rings. The highest BCUT2D eigenvalue weighted by Crippen LogP contribution is 2.63. The third kappa shape index (κ3) is 4.41. The minimum Gasteiger partial charge on any atom is -0.0616 e. The van der Waals surface area contributed by atoms with Crippen LogP contribution < -0.4 is 0 Å². The second-order valence-electron chi connectivity index (χ2n) is 19.9. The molecule has 15 rings (SSSR count). The molecule has 6 bridgehead atoms. The molecule has 61 heavy (non-hydrogen) atoms. The summed E-state index contributed by atoms with van der Waals surface area (Å²) >= 11 is 0. The number of hydrogen-bond acceptors (Lipinski definition) is 0. The molecular formula is C61H48. The number of rotatable bonds is 4. The van der Waals surface area contributed by atoms with Gasteiger partial charge in [-0.3, -0.25) is 0 Å². The van der Waals surface area contributed by atoms with E-state index >= 15 is 0 Å². The Morgan fingerprint density at radius 1 is 0.230 bits per heavy atom. The van der Waals surface area contributed by atoms with Crippen LogP contribution in [0.3, 0.4) is 0 Å². The summed E-state index contributed by atoms with van der Waals surface area (Å²) in [7, 11) is 0. The molecule has 9 aromatic rings. The average molecular weight is 781 g/mol. The molecule has 0 saturated heterocycles. The molecule has 0 heterocycles. The highest BCUT2D eigenvalue weighted by Gasteiger charge is 2.43. The molecule has 0 N–H and O–H groups in total. The van der Waals surface area contributed by atoms with E-state index in [0.717, 1.165) is 11.8 Å². The third-order valence-electron chi connectivity index (χ3n) is 17.3. The van der Waals surface area contributed by atoms with Crippen molar-refractivity contribution in [2.75, 3.05) is 0 Å². The maximum absolute atomic E-state index is 2.57. The normalized spacial score (nSPS) is 23.8. The molecule has 3 saturated carbocycles. The van der Waals surface area contributed by atoms with Crippen molar-refractivity contribution < 1.29 is 0 Å². The van der Waals surface area contributed by atoms with Crippen LogP contribution in [0.25, 0.3) is 87.6 Å². The van der Waals surface area contributed by atoms with E-state index in [9.17, 15) is 0 Å². The fraction of sp³-hybridized carbons (Fsp3) is 0.246. The minimum absolute atomic E-state index is 0.597. The van der Waals surface area contributed by atoms with E-state index in [-0.39, 0.29) is 0 Å². The highest BCUT2D eigenvalue weighted by atomic mass is 14.5. The summed E-state index contributed by atoms with van der Waals surface area (Å²) in [6.45, 7) is 0. The fourth-order valence-corrected chi connectivity index (χ4v) is 15.2. The van der Waals surface area contributed by atoms with Crippen molar-refractivity contribution in [2.45, 2.75) is 93.3 Å². The van der Waals surface area contributed by atoms with Gasteiger partial charge in [0, 0.05) is 0 Å². The van der Waals surface area contributed by atoms with E-state index in [0.29, 0.717) is 23.7 Å². The topological polar surface area (TPSA) is 0 Å². The van der Waals surface area contributed by atoms with Crippen LogP contribution in [0.1, 0.15) is 127 Å². The monoisotopic (exact) mass is 780 g/mol. The molecule has 6 atom stereocenters. The lowest BCUT2D eigenvalue weighted by molar-refractivity contribution is 0.719. The molecule has 0 radical (unpaired) electrons. The largest absolute Gasteiger partial charge is 0.0616 e. The summed E-state index contributed by atoms with van der Waals surface area (Å²) in [4.78, 5) is 0. The average Bonchev–Trinajstić information content (AvgIpc) is 4.20. The zero-order chi connectivity index (χ0) is 39.5. The van der Waals surface area contributed by atoms with Gasteiger partial charge in [0.15, 0.2) is 0 Å². The van der Waals surface area contributed by atoms with Gasteiger partial charge in [0.1, 0.15) is 0 Å². The summed E-state index contributed by atoms with van der Waals surface area (Å²) in [5.41, 5.74) is 21.5. The molecule has 6 unspecified atom stereocenters. The smallest absolute Gasteiger partial charge is 0.00234 e. The first-order valence-electron chi connectivity index (χ1n) is 23.6. The summed E-state index contributed by atoms with van der Waals surface area (Å²) in [6, 6.07) is 57.4. The van der Waals surface area contributed by atoms with Gasteiger partial charge in [0.2, 0.25) is 0 Å². The SMILES string of the molecule is c1cc(-c2c3ccccc3c(-c3ccc(-c4c5ccccc5c(-c5cccc6c5C5CCC6C5)c5ccccc45)c4c3C3CCC4C3)c3ccccc23)c2c(c1)C1CCC2C1. The van der Waals surface area contributed by atoms with Gasteiger partial charge in [-0.2, -0.15) is 0 Å². The first kappa shape index (κ1) is 33.7. The maximum atomic E-state index is 2.57. The van der Waals surface area contributed by atoms with E-state index in [1.54, 1.807) is 33.4 Å². The summed E-state index contributed by atoms with van der Waals surface area (Å²) in [5, 5.41) is 11.2. The quantitative estimate of drug-likeness (QED) is 0.156. The van der Waals surface area contributed by atoms with Crippen LogP contribution in [0.5, 0.6) is 0 Å². The van der Waals surface area contributed by atoms with Crippen molar-refractivity contribution in [3.05, 3.63) is 179 Å². The van der Waals surface area contributed by atoms with Crippen LogP contribution in [-0.2, 0) is 0 Å². The van der Waals surface area contributed by atoms with Gasteiger partial charge in [-0.1, -0.05) is 146 Å². The Bertz CT molecular complexity index is 3060. The van der Waals surface area contributed by atoms with Crippen LogP contribution >= 0.6 is 0 Å². The Balaban J connectivity index is 1.00. The van der Waals surface area contributed by atoms with Crippen molar-refractivity contribution >= 4 is 43.1 Å². The lowest BCUT2D eigenvalue weighted by Gasteiger charge is -2.27. The Hall–Kier alpha value is -5.98. The van der Waals surface area contributed by atoms with Crippen molar-refractivity contribution in [3.8, 4) is 44.5 Å². The molecule has 9 aromatic carbocycles. The molecule has 6 aliphatic rings. The molecule has 0 aliphatic heterocycles. The zero-order valence-corrected chi connectivity index (χ0v) is 34.7. The van der Waals surface area contributed by atoms with Crippen LogP contribution in [0.4, 0.5) is 0 Å². The van der Waals surface area contributed by atoms with Gasteiger partial charge >= 0.3 is 0 Å². The van der Waals surface area contributed by atoms with Gasteiger partial charge in [-0.05, 0) is 214 Å². The fourth-order valence-electron chi connectivity index (χ4n) is 15.2. The molecule has 0 amide bonds. The Labute approximate surface area is 358 Å². The lowest BCUT2D eigenvalue weighted by Crippen LogP contribution is -2.05. The molecular weight excluding hydrogens is 733 g/mol. The number of benzene rings is 9. The summed E-state index contributed by atoms with van der Waals surface area (Å²) in [5.74, 6) is 4.08. The Morgan fingerprint density at radius 3 is 0.820 bits per heavy atom. The second kappa shape index (κ2) is 12.3. The van der Waals surface area contributed by atoms with E-state index < -0.39 is 0 Å². The van der Waals surface area contributed by atoms with Crippen LogP contribution in [0, 0.1) is 0 Å². The van der Waals surface area contributed by atoms with Crippen LogP contribution in [0.15, 0.2) is 146 Å². The van der Waals surface area contributed by atoms with E-state index in [4.69, 9.17) is 0 Å². The van der Waals surface area contributed by atoms with Crippen molar-refractivity contribution in [2.24, 2.45) is 0 Å². The summed E-state index contributed by atoms with van der Waals surface area (Å²) < 4.78 is 0. The predicted octanol–water partition coefficient (Wildman–Crippen LogP) is 17.1. The third-order valence-corrected chi connectivity index (χ3v) is 17.3. The molecule has 6 aliphatic carbocycles. The molecule has 0 aromatic heterocycles. The first-order valence-corrected chi connectivity index (χ1v) is 23.6. The van der Waals surface area contributed by atoms with Crippen molar-refractivity contribution in [3.63, 3.8) is 0 Å². The first-order chi connectivity index (χ1) is 30.3. The summed E-state index contributed by atoms with van der Waals surface area (Å²) in [6.07, 6.45) is 11.9. The van der Waals surface area contributed by atoms with Gasteiger partial charge < -0.3 is 0 Å². The van der Waals surface area contributed by atoms with Gasteiger partial charge in [-0.25, -0.2) is 0 Å². The lowest BCUT2D eigenvalue weighted by atomic mass is 9.76. The van der Waals surface area contributed by atoms with Gasteiger partial charge in [0.25, 0.3) is 0 Å². The predicted molar refractivity (Wildman–Crippen MR) is 256 cm³/mol.